The fourth-order valence-electron chi connectivity index (χ4n) is 2.54. The Morgan fingerprint density at radius 1 is 1.24 bits per heavy atom. The summed E-state index contributed by atoms with van der Waals surface area (Å²) in [6, 6.07) is 0. The molecule has 124 valence electrons. The van der Waals surface area contributed by atoms with Gasteiger partial charge in [-0.25, -0.2) is 0 Å². The van der Waals surface area contributed by atoms with E-state index in [1.165, 1.54) is 38.9 Å². The van der Waals surface area contributed by atoms with Crippen LogP contribution in [0.5, 0.6) is 0 Å². The summed E-state index contributed by atoms with van der Waals surface area (Å²) < 4.78 is 0. The van der Waals surface area contributed by atoms with Crippen LogP contribution >= 0.6 is 0 Å². The van der Waals surface area contributed by atoms with Gasteiger partial charge >= 0.3 is 0 Å². The van der Waals surface area contributed by atoms with Gasteiger partial charge in [0.05, 0.1) is 0 Å². The molecule has 0 aromatic rings. The molecule has 1 saturated heterocycles. The third-order valence-corrected chi connectivity index (χ3v) is 4.37. The molecule has 0 bridgehead atoms. The molecule has 0 aliphatic carbocycles. The highest BCUT2D eigenvalue weighted by atomic mass is 15.2. The maximum absolute atomic E-state index is 4.27. The summed E-state index contributed by atoms with van der Waals surface area (Å²) in [6.07, 6.45) is 3.91. The number of likely N-dealkylation sites (tertiary alicyclic amines) is 1. The second-order valence-electron chi connectivity index (χ2n) is 6.20. The van der Waals surface area contributed by atoms with Gasteiger partial charge in [-0.1, -0.05) is 13.8 Å². The molecule has 0 saturated carbocycles. The first-order valence-corrected chi connectivity index (χ1v) is 8.51. The Hall–Kier alpha value is -0.810. The van der Waals surface area contributed by atoms with Crippen LogP contribution in [0.3, 0.4) is 0 Å². The molecular weight excluding hydrogens is 262 g/mol. The van der Waals surface area contributed by atoms with E-state index in [0.717, 1.165) is 38.1 Å². The van der Waals surface area contributed by atoms with Crippen LogP contribution in [0.1, 0.15) is 33.1 Å². The van der Waals surface area contributed by atoms with Crippen molar-refractivity contribution in [1.29, 1.82) is 0 Å². The van der Waals surface area contributed by atoms with E-state index in [4.69, 9.17) is 0 Å². The highest BCUT2D eigenvalue weighted by molar-refractivity contribution is 5.79. The molecule has 0 spiro atoms. The van der Waals surface area contributed by atoms with Crippen molar-refractivity contribution in [3.05, 3.63) is 0 Å². The van der Waals surface area contributed by atoms with Crippen molar-refractivity contribution < 1.29 is 0 Å². The molecule has 0 amide bonds. The Morgan fingerprint density at radius 2 is 1.90 bits per heavy atom. The lowest BCUT2D eigenvalue weighted by Gasteiger charge is -2.30. The molecule has 5 heteroatoms. The first-order chi connectivity index (χ1) is 10.2. The van der Waals surface area contributed by atoms with Crippen molar-refractivity contribution >= 4 is 5.96 Å². The first-order valence-electron chi connectivity index (χ1n) is 8.51. The topological polar surface area (TPSA) is 42.9 Å². The average molecular weight is 297 g/mol. The van der Waals surface area contributed by atoms with Gasteiger partial charge in [0.15, 0.2) is 5.96 Å². The van der Waals surface area contributed by atoms with E-state index >= 15 is 0 Å². The van der Waals surface area contributed by atoms with Gasteiger partial charge in [-0.3, -0.25) is 4.99 Å². The number of hydrogen-bond donors (Lipinski definition) is 2. The zero-order valence-corrected chi connectivity index (χ0v) is 14.5. The van der Waals surface area contributed by atoms with Gasteiger partial charge in [-0.2, -0.15) is 0 Å². The van der Waals surface area contributed by atoms with Gasteiger partial charge in [0, 0.05) is 26.7 Å². The van der Waals surface area contributed by atoms with Crippen LogP contribution in [0.2, 0.25) is 0 Å². The van der Waals surface area contributed by atoms with Crippen molar-refractivity contribution in [3.8, 4) is 0 Å². The van der Waals surface area contributed by atoms with Crippen LogP contribution in [-0.2, 0) is 0 Å². The van der Waals surface area contributed by atoms with Crippen molar-refractivity contribution in [2.45, 2.75) is 33.1 Å². The van der Waals surface area contributed by atoms with Crippen LogP contribution in [0.15, 0.2) is 4.99 Å². The molecule has 0 aromatic heterocycles. The third-order valence-electron chi connectivity index (χ3n) is 4.37. The Kier molecular flexibility index (Phi) is 9.42. The molecule has 0 unspecified atom stereocenters. The van der Waals surface area contributed by atoms with E-state index in [1.807, 2.05) is 7.05 Å². The summed E-state index contributed by atoms with van der Waals surface area (Å²) in [4.78, 5) is 9.15. The van der Waals surface area contributed by atoms with Crippen molar-refractivity contribution in [2.75, 3.05) is 59.9 Å². The lowest BCUT2D eigenvalue weighted by molar-refractivity contribution is 0.191. The lowest BCUT2D eigenvalue weighted by Crippen LogP contribution is -2.42. The van der Waals surface area contributed by atoms with E-state index < -0.39 is 0 Å². The SMILES string of the molecule is CCN(C)CCNC(=NC)NCCCN1CCC(C)CC1. The van der Waals surface area contributed by atoms with Gasteiger partial charge in [0.25, 0.3) is 0 Å². The van der Waals surface area contributed by atoms with Gasteiger partial charge in [-0.15, -0.1) is 0 Å². The summed E-state index contributed by atoms with van der Waals surface area (Å²) in [7, 11) is 3.97. The fourth-order valence-corrected chi connectivity index (χ4v) is 2.54. The zero-order chi connectivity index (χ0) is 15.5. The van der Waals surface area contributed by atoms with Gasteiger partial charge in [-0.05, 0) is 58.4 Å². The Labute approximate surface area is 131 Å². The molecule has 1 heterocycles. The fraction of sp³-hybridized carbons (Fsp3) is 0.938. The third kappa shape index (κ3) is 8.27. The molecule has 0 aromatic carbocycles. The highest BCUT2D eigenvalue weighted by Crippen LogP contribution is 2.15. The molecule has 0 atom stereocenters. The number of nitrogens with zero attached hydrogens (tertiary/aromatic N) is 3. The number of guanidine groups is 1. The van der Waals surface area contributed by atoms with E-state index in [2.05, 4.69) is 46.3 Å². The van der Waals surface area contributed by atoms with Gasteiger partial charge < -0.3 is 20.4 Å². The predicted octanol–water partition coefficient (Wildman–Crippen LogP) is 1.23. The summed E-state index contributed by atoms with van der Waals surface area (Å²) in [5.41, 5.74) is 0. The Balaban J connectivity index is 2.04. The summed E-state index contributed by atoms with van der Waals surface area (Å²) in [5, 5.41) is 6.77. The number of hydrogen-bond acceptors (Lipinski definition) is 3. The molecule has 1 rings (SSSR count). The molecule has 21 heavy (non-hydrogen) atoms. The predicted molar refractivity (Wildman–Crippen MR) is 92.0 cm³/mol. The van der Waals surface area contributed by atoms with E-state index in [1.54, 1.807) is 0 Å². The quantitative estimate of drug-likeness (QED) is 0.402. The monoisotopic (exact) mass is 297 g/mol. The minimum Gasteiger partial charge on any atom is -0.356 e. The standard InChI is InChI=1S/C16H35N5/c1-5-20(4)14-10-19-16(17-3)18-9-6-11-21-12-7-15(2)8-13-21/h15H,5-14H2,1-4H3,(H2,17,18,19). The minimum absolute atomic E-state index is 0.920. The second-order valence-corrected chi connectivity index (χ2v) is 6.20. The zero-order valence-electron chi connectivity index (χ0n) is 14.5. The number of aliphatic imine (C=N–C) groups is 1. The number of piperidine rings is 1. The van der Waals surface area contributed by atoms with Crippen LogP contribution in [0, 0.1) is 5.92 Å². The number of likely N-dealkylation sites (N-methyl/N-ethyl adjacent to an activating group) is 1. The van der Waals surface area contributed by atoms with E-state index in [0.29, 0.717) is 0 Å². The van der Waals surface area contributed by atoms with Crippen LogP contribution in [-0.4, -0.2) is 75.7 Å². The summed E-state index contributed by atoms with van der Waals surface area (Å²) >= 11 is 0. The van der Waals surface area contributed by atoms with Crippen molar-refractivity contribution in [3.63, 3.8) is 0 Å². The van der Waals surface area contributed by atoms with Crippen LogP contribution in [0.25, 0.3) is 0 Å². The molecule has 1 fully saturated rings. The Bertz CT molecular complexity index is 284. The van der Waals surface area contributed by atoms with E-state index in [-0.39, 0.29) is 0 Å². The molecular formula is C16H35N5. The van der Waals surface area contributed by atoms with Crippen molar-refractivity contribution in [1.82, 2.24) is 20.4 Å². The van der Waals surface area contributed by atoms with Gasteiger partial charge in [0.2, 0.25) is 0 Å². The first kappa shape index (κ1) is 18.2. The normalized spacial score (nSPS) is 18.2. The lowest BCUT2D eigenvalue weighted by atomic mass is 9.99. The molecule has 1 aliphatic rings. The summed E-state index contributed by atoms with van der Waals surface area (Å²) in [6.45, 7) is 12.4. The van der Waals surface area contributed by atoms with Crippen LogP contribution in [0.4, 0.5) is 0 Å². The number of rotatable bonds is 8. The molecule has 0 radical (unpaired) electrons. The maximum Gasteiger partial charge on any atom is 0.191 e. The second kappa shape index (κ2) is 10.9. The van der Waals surface area contributed by atoms with Crippen molar-refractivity contribution in [2.24, 2.45) is 10.9 Å². The smallest absolute Gasteiger partial charge is 0.191 e. The van der Waals surface area contributed by atoms with E-state index in [9.17, 15) is 0 Å². The summed E-state index contributed by atoms with van der Waals surface area (Å²) in [5.74, 6) is 1.84. The van der Waals surface area contributed by atoms with Crippen LogP contribution < -0.4 is 10.6 Å². The Morgan fingerprint density at radius 3 is 2.52 bits per heavy atom. The van der Waals surface area contributed by atoms with Gasteiger partial charge in [0.1, 0.15) is 0 Å². The number of nitrogens with one attached hydrogen (secondary N) is 2. The average Bonchev–Trinajstić information content (AvgIpc) is 2.51. The highest BCUT2D eigenvalue weighted by Gasteiger charge is 2.14. The molecule has 2 N–H and O–H groups in total. The largest absolute Gasteiger partial charge is 0.356 e. The molecule has 5 nitrogen and oxygen atoms in total. The maximum atomic E-state index is 4.27. The molecule has 1 aliphatic heterocycles. The minimum atomic E-state index is 0.920.